The van der Waals surface area contributed by atoms with Crippen LogP contribution in [0.25, 0.3) is 0 Å². The second-order valence-electron chi connectivity index (χ2n) is 7.49. The Labute approximate surface area is 179 Å². The predicted octanol–water partition coefficient (Wildman–Crippen LogP) is 2.42. The molecule has 1 aliphatic heterocycles. The van der Waals surface area contributed by atoms with Crippen molar-refractivity contribution < 1.29 is 17.9 Å². The summed E-state index contributed by atoms with van der Waals surface area (Å²) in [7, 11) is -0.458. The monoisotopic (exact) mass is 433 g/mol. The van der Waals surface area contributed by atoms with Gasteiger partial charge >= 0.3 is 0 Å². The number of nitrogens with one attached hydrogen (secondary N) is 1. The highest BCUT2D eigenvalue weighted by molar-refractivity contribution is 7.89. The van der Waals surface area contributed by atoms with Gasteiger partial charge in [-0.25, -0.2) is 13.1 Å². The van der Waals surface area contributed by atoms with Gasteiger partial charge in [0.15, 0.2) is 0 Å². The van der Waals surface area contributed by atoms with Gasteiger partial charge in [-0.15, -0.1) is 0 Å². The molecule has 1 aliphatic rings. The Kier molecular flexibility index (Phi) is 7.23. The molecule has 30 heavy (non-hydrogen) atoms. The van der Waals surface area contributed by atoms with E-state index in [4.69, 9.17) is 9.47 Å². The van der Waals surface area contributed by atoms with Crippen LogP contribution in [0.5, 0.6) is 11.5 Å². The number of anilines is 1. The molecule has 8 heteroatoms. The minimum Gasteiger partial charge on any atom is -0.495 e. The maximum Gasteiger partial charge on any atom is 0.244 e. The molecule has 1 heterocycles. The first-order valence-corrected chi connectivity index (χ1v) is 11.6. The third kappa shape index (κ3) is 5.06. The Morgan fingerprint density at radius 3 is 2.23 bits per heavy atom. The van der Waals surface area contributed by atoms with Gasteiger partial charge in [0.05, 0.1) is 19.9 Å². The summed E-state index contributed by atoms with van der Waals surface area (Å²) in [5, 5.41) is 0. The molecule has 2 aromatic carbocycles. The Balaban J connectivity index is 1.55. The molecule has 0 spiro atoms. The molecule has 3 rings (SSSR count). The lowest BCUT2D eigenvalue weighted by Crippen LogP contribution is -2.48. The number of para-hydroxylation sites is 2. The van der Waals surface area contributed by atoms with Crippen molar-refractivity contribution in [2.45, 2.75) is 18.7 Å². The third-order valence-corrected chi connectivity index (χ3v) is 7.07. The molecule has 0 aliphatic carbocycles. The quantitative estimate of drug-likeness (QED) is 0.690. The van der Waals surface area contributed by atoms with E-state index in [0.717, 1.165) is 48.7 Å². The molecule has 0 aromatic heterocycles. The first kappa shape index (κ1) is 22.4. The third-order valence-electron chi connectivity index (χ3n) is 5.59. The second-order valence-corrected chi connectivity index (χ2v) is 9.22. The van der Waals surface area contributed by atoms with Crippen LogP contribution >= 0.6 is 0 Å². The van der Waals surface area contributed by atoms with E-state index >= 15 is 0 Å². The normalized spacial score (nSPS) is 15.3. The van der Waals surface area contributed by atoms with Gasteiger partial charge in [0.2, 0.25) is 10.0 Å². The van der Waals surface area contributed by atoms with Crippen molar-refractivity contribution in [3.63, 3.8) is 0 Å². The van der Waals surface area contributed by atoms with Crippen molar-refractivity contribution in [3.05, 3.63) is 47.5 Å². The average Bonchev–Trinajstić information content (AvgIpc) is 2.75. The van der Waals surface area contributed by atoms with E-state index in [9.17, 15) is 8.42 Å². The van der Waals surface area contributed by atoms with E-state index in [1.807, 2.05) is 32.0 Å². The zero-order valence-electron chi connectivity index (χ0n) is 18.1. The lowest BCUT2D eigenvalue weighted by atomic mass is 10.1. The van der Waals surface area contributed by atoms with Crippen LogP contribution in [0, 0.1) is 13.8 Å². The molecular formula is C22H31N3O4S. The van der Waals surface area contributed by atoms with Gasteiger partial charge in [0.25, 0.3) is 0 Å². The number of sulfonamides is 1. The first-order chi connectivity index (χ1) is 14.4. The minimum atomic E-state index is -3.63. The maximum absolute atomic E-state index is 12.8. The van der Waals surface area contributed by atoms with Crippen molar-refractivity contribution in [2.24, 2.45) is 0 Å². The zero-order chi connectivity index (χ0) is 21.7. The first-order valence-electron chi connectivity index (χ1n) is 10.1. The van der Waals surface area contributed by atoms with Crippen LogP contribution in [0.2, 0.25) is 0 Å². The van der Waals surface area contributed by atoms with Gasteiger partial charge in [0.1, 0.15) is 16.4 Å². The van der Waals surface area contributed by atoms with Gasteiger partial charge in [-0.3, -0.25) is 4.90 Å². The van der Waals surface area contributed by atoms with Gasteiger partial charge in [-0.05, 0) is 49.2 Å². The number of methoxy groups -OCH3 is 2. The molecule has 0 atom stereocenters. The summed E-state index contributed by atoms with van der Waals surface area (Å²) in [6.07, 6.45) is 0. The van der Waals surface area contributed by atoms with Gasteiger partial charge in [0, 0.05) is 39.3 Å². The summed E-state index contributed by atoms with van der Waals surface area (Å²) in [5.74, 6) is 1.25. The van der Waals surface area contributed by atoms with Crippen LogP contribution in [-0.4, -0.2) is 66.8 Å². The molecule has 1 fully saturated rings. The highest BCUT2D eigenvalue weighted by Gasteiger charge is 2.22. The van der Waals surface area contributed by atoms with Crippen molar-refractivity contribution in [1.82, 2.24) is 9.62 Å². The predicted molar refractivity (Wildman–Crippen MR) is 119 cm³/mol. The summed E-state index contributed by atoms with van der Waals surface area (Å²) >= 11 is 0. The second kappa shape index (κ2) is 9.68. The number of rotatable bonds is 8. The van der Waals surface area contributed by atoms with E-state index in [2.05, 4.69) is 20.6 Å². The molecule has 1 N–H and O–H groups in total. The van der Waals surface area contributed by atoms with Crippen molar-refractivity contribution in [2.75, 3.05) is 58.4 Å². The zero-order valence-corrected chi connectivity index (χ0v) is 19.0. The van der Waals surface area contributed by atoms with Crippen molar-refractivity contribution in [1.29, 1.82) is 0 Å². The van der Waals surface area contributed by atoms with Crippen LogP contribution in [-0.2, 0) is 10.0 Å². The Hall–Kier alpha value is -2.29. The average molecular weight is 434 g/mol. The molecule has 1 saturated heterocycles. The molecule has 0 bridgehead atoms. The molecular weight excluding hydrogens is 402 g/mol. The fourth-order valence-electron chi connectivity index (χ4n) is 3.65. The van der Waals surface area contributed by atoms with Crippen molar-refractivity contribution >= 4 is 15.7 Å². The van der Waals surface area contributed by atoms with Crippen LogP contribution < -0.4 is 19.1 Å². The molecule has 0 unspecified atom stereocenters. The van der Waals surface area contributed by atoms with E-state index < -0.39 is 10.0 Å². The van der Waals surface area contributed by atoms with Gasteiger partial charge in [-0.2, -0.15) is 0 Å². The fourth-order valence-corrected chi connectivity index (χ4v) is 4.91. The highest BCUT2D eigenvalue weighted by atomic mass is 32.2. The number of aryl methyl sites for hydroxylation is 2. The summed E-state index contributed by atoms with van der Waals surface area (Å²) in [6.45, 7) is 8.33. The lowest BCUT2D eigenvalue weighted by molar-refractivity contribution is 0.261. The number of nitrogens with zero attached hydrogens (tertiary/aromatic N) is 2. The maximum atomic E-state index is 12.8. The van der Waals surface area contributed by atoms with E-state index in [1.165, 1.54) is 7.11 Å². The number of hydrogen-bond acceptors (Lipinski definition) is 6. The molecule has 7 nitrogen and oxygen atoms in total. The number of ether oxygens (including phenoxy) is 2. The van der Waals surface area contributed by atoms with E-state index in [-0.39, 0.29) is 4.90 Å². The van der Waals surface area contributed by atoms with E-state index in [1.54, 1.807) is 19.2 Å². The lowest BCUT2D eigenvalue weighted by Gasteiger charge is -2.36. The molecule has 0 saturated carbocycles. The number of benzene rings is 2. The summed E-state index contributed by atoms with van der Waals surface area (Å²) in [5.41, 5.74) is 3.02. The van der Waals surface area contributed by atoms with E-state index in [0.29, 0.717) is 18.8 Å². The molecule has 2 aromatic rings. The number of hydrogen-bond donors (Lipinski definition) is 1. The van der Waals surface area contributed by atoms with Crippen LogP contribution in [0.4, 0.5) is 5.69 Å². The topological polar surface area (TPSA) is 71.1 Å². The molecule has 164 valence electrons. The largest absolute Gasteiger partial charge is 0.495 e. The SMILES string of the molecule is COc1ccccc1N1CCN(CCNS(=O)(=O)c2cc(C)c(C)cc2OC)CC1. The highest BCUT2D eigenvalue weighted by Crippen LogP contribution is 2.29. The van der Waals surface area contributed by atoms with Gasteiger partial charge in [-0.1, -0.05) is 12.1 Å². The smallest absolute Gasteiger partial charge is 0.244 e. The van der Waals surface area contributed by atoms with Crippen molar-refractivity contribution in [3.8, 4) is 11.5 Å². The van der Waals surface area contributed by atoms with Crippen LogP contribution in [0.1, 0.15) is 11.1 Å². The Morgan fingerprint density at radius 2 is 1.57 bits per heavy atom. The summed E-state index contributed by atoms with van der Waals surface area (Å²) < 4.78 is 39.1. The standard InChI is InChI=1S/C22H31N3O4S/c1-17-15-21(29-4)22(16-18(17)2)30(26,27)23-9-10-24-11-13-25(14-12-24)19-7-5-6-8-20(19)28-3/h5-8,15-16,23H,9-14H2,1-4H3. The van der Waals surface area contributed by atoms with Gasteiger partial charge < -0.3 is 14.4 Å². The Bertz CT molecular complexity index is 970. The molecule has 0 amide bonds. The summed E-state index contributed by atoms with van der Waals surface area (Å²) in [4.78, 5) is 4.76. The van der Waals surface area contributed by atoms with Crippen LogP contribution in [0.15, 0.2) is 41.3 Å². The number of piperazine rings is 1. The summed E-state index contributed by atoms with van der Waals surface area (Å²) in [6, 6.07) is 11.5. The minimum absolute atomic E-state index is 0.189. The molecule has 0 radical (unpaired) electrons. The fraction of sp³-hybridized carbons (Fsp3) is 0.455. The van der Waals surface area contributed by atoms with Crippen LogP contribution in [0.3, 0.4) is 0 Å². The Morgan fingerprint density at radius 1 is 0.933 bits per heavy atom.